The lowest BCUT2D eigenvalue weighted by Gasteiger charge is -2.38. The van der Waals surface area contributed by atoms with E-state index in [2.05, 4.69) is 5.32 Å². The maximum Gasteiger partial charge on any atom is 0.256 e. The minimum absolute atomic E-state index is 0.210. The lowest BCUT2D eigenvalue weighted by molar-refractivity contribution is -0.157. The van der Waals surface area contributed by atoms with Crippen LogP contribution in [0.5, 0.6) is 5.75 Å². The molecule has 0 spiro atoms. The van der Waals surface area contributed by atoms with Crippen LogP contribution in [-0.4, -0.2) is 48.3 Å². The Balaban J connectivity index is 1.54. The summed E-state index contributed by atoms with van der Waals surface area (Å²) in [5, 5.41) is 14.1. The summed E-state index contributed by atoms with van der Waals surface area (Å²) in [6.45, 7) is 3.95. The molecule has 2 aromatic rings. The summed E-state index contributed by atoms with van der Waals surface area (Å²) in [7, 11) is 1.62. The maximum atomic E-state index is 12.9. The third kappa shape index (κ3) is 4.90. The quantitative estimate of drug-likeness (QED) is 0.696. The topological polar surface area (TPSA) is 74.9 Å². The molecule has 0 bridgehead atoms. The van der Waals surface area contributed by atoms with Crippen LogP contribution in [0.1, 0.15) is 29.9 Å². The number of aryl methyl sites for hydroxylation is 1. The minimum Gasteiger partial charge on any atom is -0.497 e. The van der Waals surface area contributed by atoms with Gasteiger partial charge in [-0.3, -0.25) is 4.79 Å². The van der Waals surface area contributed by atoms with Crippen LogP contribution in [0.25, 0.3) is 0 Å². The van der Waals surface area contributed by atoms with E-state index in [1.165, 1.54) is 0 Å². The Labute approximate surface area is 160 Å². The Morgan fingerprint density at radius 2 is 2.19 bits per heavy atom. The smallest absolute Gasteiger partial charge is 0.256 e. The average molecular weight is 372 g/mol. The van der Waals surface area contributed by atoms with Crippen LogP contribution in [-0.2, 0) is 17.8 Å². The van der Waals surface area contributed by atoms with Crippen molar-refractivity contribution in [2.45, 2.75) is 38.3 Å². The third-order valence-corrected chi connectivity index (χ3v) is 4.97. The van der Waals surface area contributed by atoms with Crippen LogP contribution in [0.2, 0.25) is 0 Å². The van der Waals surface area contributed by atoms with Gasteiger partial charge in [0.25, 0.3) is 5.91 Å². The summed E-state index contributed by atoms with van der Waals surface area (Å²) in [6, 6.07) is 11.6. The van der Waals surface area contributed by atoms with Gasteiger partial charge in [-0.1, -0.05) is 12.1 Å². The molecule has 1 amide bonds. The summed E-state index contributed by atoms with van der Waals surface area (Å²) >= 11 is 0. The highest BCUT2D eigenvalue weighted by Gasteiger charge is 2.41. The zero-order chi connectivity index (χ0) is 19.3. The summed E-state index contributed by atoms with van der Waals surface area (Å²) in [6.07, 6.45) is 1.99. The van der Waals surface area contributed by atoms with Crippen LogP contribution in [0.3, 0.4) is 0 Å². The fraction of sp³-hybridized carbons (Fsp3) is 0.476. The molecule has 6 nitrogen and oxygen atoms in total. The second-order valence-electron chi connectivity index (χ2n) is 7.15. The highest BCUT2D eigenvalue weighted by Crippen LogP contribution is 2.24. The first-order valence-corrected chi connectivity index (χ1v) is 9.41. The number of ether oxygens (including phenoxy) is 1. The van der Waals surface area contributed by atoms with Crippen LogP contribution >= 0.6 is 0 Å². The number of piperidine rings is 1. The highest BCUT2D eigenvalue weighted by molar-refractivity contribution is 5.86. The highest BCUT2D eigenvalue weighted by atomic mass is 16.5. The molecule has 1 unspecified atom stereocenters. The number of nitrogens with zero attached hydrogens (tertiary/aromatic N) is 1. The van der Waals surface area contributed by atoms with Crippen LogP contribution in [0, 0.1) is 6.92 Å². The number of likely N-dealkylation sites (tertiary alicyclic amines) is 1. The van der Waals surface area contributed by atoms with E-state index in [9.17, 15) is 9.90 Å². The number of carbonyl (C=O) groups is 1. The lowest BCUT2D eigenvalue weighted by Crippen LogP contribution is -2.57. The predicted octanol–water partition coefficient (Wildman–Crippen LogP) is 2.28. The molecule has 1 fully saturated rings. The summed E-state index contributed by atoms with van der Waals surface area (Å²) in [4.78, 5) is 14.6. The van der Waals surface area contributed by atoms with Crippen molar-refractivity contribution < 1.29 is 19.1 Å². The molecule has 1 aliphatic heterocycles. The summed E-state index contributed by atoms with van der Waals surface area (Å²) in [5.74, 6) is 2.35. The number of methoxy groups -OCH3 is 1. The number of benzene rings is 1. The molecule has 2 N–H and O–H groups in total. The number of aliphatic hydroxyl groups is 1. The molecule has 6 heteroatoms. The van der Waals surface area contributed by atoms with E-state index in [4.69, 9.17) is 9.15 Å². The molecule has 146 valence electrons. The van der Waals surface area contributed by atoms with Crippen molar-refractivity contribution in [1.29, 1.82) is 0 Å². The average Bonchev–Trinajstić information content (AvgIpc) is 3.08. The third-order valence-electron chi connectivity index (χ3n) is 4.97. The van der Waals surface area contributed by atoms with Crippen molar-refractivity contribution in [2.24, 2.45) is 0 Å². The van der Waals surface area contributed by atoms with Crippen molar-refractivity contribution in [3.63, 3.8) is 0 Å². The van der Waals surface area contributed by atoms with E-state index in [1.54, 1.807) is 12.0 Å². The Kier molecular flexibility index (Phi) is 6.19. The normalized spacial score (nSPS) is 20.1. The fourth-order valence-electron chi connectivity index (χ4n) is 3.50. The SMILES string of the molecule is COc1cccc(CN2CCCC(O)(CNCCc3ccc(C)o3)C2=O)c1. The molecule has 1 aromatic carbocycles. The van der Waals surface area contributed by atoms with Gasteiger partial charge in [-0.05, 0) is 49.6 Å². The van der Waals surface area contributed by atoms with Crippen molar-refractivity contribution >= 4 is 5.91 Å². The van der Waals surface area contributed by atoms with Gasteiger partial charge in [-0.15, -0.1) is 0 Å². The molecule has 1 saturated heterocycles. The van der Waals surface area contributed by atoms with E-state index < -0.39 is 5.60 Å². The molecule has 0 aliphatic carbocycles. The standard InChI is InChI=1S/C21H28N2O4/c1-16-7-8-18(27-16)9-11-22-15-21(25)10-4-12-23(20(21)24)14-17-5-3-6-19(13-17)26-2/h3,5-8,13,22,25H,4,9-12,14-15H2,1-2H3. The molecule has 27 heavy (non-hydrogen) atoms. The summed E-state index contributed by atoms with van der Waals surface area (Å²) < 4.78 is 10.8. The van der Waals surface area contributed by atoms with E-state index in [0.29, 0.717) is 26.1 Å². The van der Waals surface area contributed by atoms with Gasteiger partial charge in [-0.2, -0.15) is 0 Å². The first-order valence-electron chi connectivity index (χ1n) is 9.41. The van der Waals surface area contributed by atoms with E-state index in [1.807, 2.05) is 43.3 Å². The van der Waals surface area contributed by atoms with Gasteiger partial charge in [0.2, 0.25) is 0 Å². The molecular weight excluding hydrogens is 344 g/mol. The molecular formula is C21H28N2O4. The largest absolute Gasteiger partial charge is 0.497 e. The number of furan rings is 1. The monoisotopic (exact) mass is 372 g/mol. The minimum atomic E-state index is -1.35. The number of amides is 1. The number of nitrogens with one attached hydrogen (secondary N) is 1. The zero-order valence-electron chi connectivity index (χ0n) is 16.0. The molecule has 1 atom stereocenters. The number of hydrogen-bond donors (Lipinski definition) is 2. The van der Waals surface area contributed by atoms with Gasteiger partial charge in [-0.25, -0.2) is 0 Å². The number of rotatable bonds is 8. The Bertz CT molecular complexity index is 773. The van der Waals surface area contributed by atoms with E-state index in [0.717, 1.165) is 35.7 Å². The van der Waals surface area contributed by atoms with Crippen molar-refractivity contribution in [3.05, 3.63) is 53.5 Å². The fourth-order valence-corrected chi connectivity index (χ4v) is 3.50. The molecule has 1 aliphatic rings. The zero-order valence-corrected chi connectivity index (χ0v) is 16.0. The molecule has 1 aromatic heterocycles. The van der Waals surface area contributed by atoms with Crippen LogP contribution < -0.4 is 10.1 Å². The van der Waals surface area contributed by atoms with Gasteiger partial charge in [0.15, 0.2) is 5.60 Å². The molecule has 0 saturated carbocycles. The van der Waals surface area contributed by atoms with Crippen molar-refractivity contribution in [1.82, 2.24) is 10.2 Å². The van der Waals surface area contributed by atoms with E-state index >= 15 is 0 Å². The number of carbonyl (C=O) groups excluding carboxylic acids is 1. The lowest BCUT2D eigenvalue weighted by atomic mass is 9.91. The number of hydrogen-bond acceptors (Lipinski definition) is 5. The van der Waals surface area contributed by atoms with Gasteiger partial charge in [0, 0.05) is 32.6 Å². The van der Waals surface area contributed by atoms with Gasteiger partial charge in [0.05, 0.1) is 7.11 Å². The molecule has 3 rings (SSSR count). The summed E-state index contributed by atoms with van der Waals surface area (Å²) in [5.41, 5.74) is -0.357. The first-order chi connectivity index (χ1) is 13.0. The molecule has 0 radical (unpaired) electrons. The predicted molar refractivity (Wildman–Crippen MR) is 103 cm³/mol. The van der Waals surface area contributed by atoms with Crippen LogP contribution in [0.15, 0.2) is 40.8 Å². The Morgan fingerprint density at radius 3 is 2.93 bits per heavy atom. The van der Waals surface area contributed by atoms with Crippen LogP contribution in [0.4, 0.5) is 0 Å². The van der Waals surface area contributed by atoms with Gasteiger partial charge in [0.1, 0.15) is 17.3 Å². The van der Waals surface area contributed by atoms with Gasteiger partial charge < -0.3 is 24.5 Å². The second kappa shape index (κ2) is 8.59. The Morgan fingerprint density at radius 1 is 1.33 bits per heavy atom. The van der Waals surface area contributed by atoms with Gasteiger partial charge >= 0.3 is 0 Å². The van der Waals surface area contributed by atoms with E-state index in [-0.39, 0.29) is 12.5 Å². The van der Waals surface area contributed by atoms with Crippen molar-refractivity contribution in [2.75, 3.05) is 26.7 Å². The maximum absolute atomic E-state index is 12.9. The molecule has 2 heterocycles. The second-order valence-corrected chi connectivity index (χ2v) is 7.15. The first kappa shape index (κ1) is 19.5. The van der Waals surface area contributed by atoms with Crippen molar-refractivity contribution in [3.8, 4) is 5.75 Å². The Hall–Kier alpha value is -2.31.